The fourth-order valence-corrected chi connectivity index (χ4v) is 3.89. The first-order chi connectivity index (χ1) is 10.7. The monoisotopic (exact) mass is 311 g/mol. The van der Waals surface area contributed by atoms with Crippen molar-refractivity contribution in [2.45, 2.75) is 96.4 Å². The lowest BCUT2D eigenvalue weighted by Crippen LogP contribution is -2.17. The molecule has 0 aromatic heterocycles. The molecule has 0 amide bonds. The summed E-state index contributed by atoms with van der Waals surface area (Å²) in [6.07, 6.45) is 13.9. The standard InChI is InChI=1S/C18H33NO3/c1-2-3-4-7-10-15-13-14-17(19-22)16(15)11-8-5-6-9-12-18(20)21/h15-17H,2-14H2,1H3,(H,20,21)/t15-,16+,17?/m0/s1. The first-order valence-electron chi connectivity index (χ1n) is 9.23. The summed E-state index contributed by atoms with van der Waals surface area (Å²) in [4.78, 5) is 21.5. The average Bonchev–Trinajstić information content (AvgIpc) is 2.89. The fraction of sp³-hybridized carbons (Fsp3) is 0.944. The number of carbonyl (C=O) groups is 1. The van der Waals surface area contributed by atoms with E-state index >= 15 is 0 Å². The minimum absolute atomic E-state index is 0.0372. The number of nitrogens with zero attached hydrogens (tertiary/aromatic N) is 1. The molecule has 1 saturated carbocycles. The van der Waals surface area contributed by atoms with Crippen molar-refractivity contribution in [1.29, 1.82) is 0 Å². The van der Waals surface area contributed by atoms with E-state index in [9.17, 15) is 9.70 Å². The number of carboxylic acids is 1. The predicted octanol–water partition coefficient (Wildman–Crippen LogP) is 5.54. The van der Waals surface area contributed by atoms with Crippen molar-refractivity contribution in [2.24, 2.45) is 17.0 Å². The van der Waals surface area contributed by atoms with Gasteiger partial charge in [0.1, 0.15) is 0 Å². The lowest BCUT2D eigenvalue weighted by Gasteiger charge is -2.21. The highest BCUT2D eigenvalue weighted by Gasteiger charge is 2.35. The van der Waals surface area contributed by atoms with Crippen LogP contribution in [-0.2, 0) is 4.79 Å². The first kappa shape index (κ1) is 19.1. The van der Waals surface area contributed by atoms with Crippen molar-refractivity contribution in [2.75, 3.05) is 0 Å². The second kappa shape index (κ2) is 11.6. The van der Waals surface area contributed by atoms with E-state index in [1.165, 1.54) is 38.5 Å². The van der Waals surface area contributed by atoms with Gasteiger partial charge in [0.05, 0.1) is 6.04 Å². The van der Waals surface area contributed by atoms with Gasteiger partial charge in [-0.3, -0.25) is 4.79 Å². The maximum Gasteiger partial charge on any atom is 0.303 e. The molecule has 0 aromatic carbocycles. The quantitative estimate of drug-likeness (QED) is 0.358. The van der Waals surface area contributed by atoms with E-state index in [2.05, 4.69) is 12.1 Å². The Bertz CT molecular complexity index is 319. The largest absolute Gasteiger partial charge is 0.481 e. The van der Waals surface area contributed by atoms with Gasteiger partial charge in [-0.25, -0.2) is 0 Å². The summed E-state index contributed by atoms with van der Waals surface area (Å²) in [5.41, 5.74) is 0. The molecule has 0 heterocycles. The number of rotatable bonds is 13. The minimum atomic E-state index is -0.701. The van der Waals surface area contributed by atoms with Gasteiger partial charge in [-0.2, -0.15) is 4.91 Å². The van der Waals surface area contributed by atoms with Gasteiger partial charge in [-0.15, -0.1) is 0 Å². The topological polar surface area (TPSA) is 66.7 Å². The first-order valence-corrected chi connectivity index (χ1v) is 9.23. The zero-order chi connectivity index (χ0) is 16.2. The zero-order valence-corrected chi connectivity index (χ0v) is 14.1. The summed E-state index contributed by atoms with van der Waals surface area (Å²) in [6.45, 7) is 2.23. The molecule has 0 bridgehead atoms. The third-order valence-corrected chi connectivity index (χ3v) is 5.17. The Kier molecular flexibility index (Phi) is 10.1. The molecule has 4 nitrogen and oxygen atoms in total. The van der Waals surface area contributed by atoms with E-state index < -0.39 is 5.97 Å². The number of unbranched alkanes of at least 4 members (excludes halogenated alkanes) is 6. The van der Waals surface area contributed by atoms with Crippen LogP contribution >= 0.6 is 0 Å². The van der Waals surface area contributed by atoms with Gasteiger partial charge in [0.2, 0.25) is 0 Å². The summed E-state index contributed by atoms with van der Waals surface area (Å²) in [5.74, 6) is 0.477. The Morgan fingerprint density at radius 3 is 2.36 bits per heavy atom. The molecule has 1 aliphatic carbocycles. The van der Waals surface area contributed by atoms with Crippen molar-refractivity contribution in [3.8, 4) is 0 Å². The van der Waals surface area contributed by atoms with E-state index in [0.29, 0.717) is 11.8 Å². The Balaban J connectivity index is 2.22. The molecule has 0 saturated heterocycles. The predicted molar refractivity (Wildman–Crippen MR) is 89.9 cm³/mol. The molecular weight excluding hydrogens is 278 g/mol. The van der Waals surface area contributed by atoms with Crippen LogP contribution in [0.25, 0.3) is 0 Å². The number of carboxylic acid groups (broad SMARTS) is 1. The van der Waals surface area contributed by atoms with Gasteiger partial charge in [0, 0.05) is 6.42 Å². The molecule has 1 unspecified atom stereocenters. The second-order valence-electron chi connectivity index (χ2n) is 6.87. The smallest absolute Gasteiger partial charge is 0.303 e. The molecule has 1 fully saturated rings. The van der Waals surface area contributed by atoms with Crippen LogP contribution in [0.15, 0.2) is 5.18 Å². The second-order valence-corrected chi connectivity index (χ2v) is 6.87. The number of nitroso groups, excluding NO2 is 1. The molecular formula is C18H33NO3. The Morgan fingerprint density at radius 2 is 1.68 bits per heavy atom. The highest BCUT2D eigenvalue weighted by Crippen LogP contribution is 2.40. The summed E-state index contributed by atoms with van der Waals surface area (Å²) in [5, 5.41) is 12.0. The van der Waals surface area contributed by atoms with Crippen molar-refractivity contribution in [1.82, 2.24) is 0 Å². The van der Waals surface area contributed by atoms with Crippen molar-refractivity contribution in [3.63, 3.8) is 0 Å². The SMILES string of the molecule is CCCCCC[C@H]1CCC(N=O)[C@@H]1CCCCCCC(=O)O. The molecule has 4 heteroatoms. The van der Waals surface area contributed by atoms with Crippen LogP contribution in [0.2, 0.25) is 0 Å². The number of hydrogen-bond acceptors (Lipinski definition) is 3. The molecule has 0 radical (unpaired) electrons. The Hall–Kier alpha value is -0.930. The van der Waals surface area contributed by atoms with E-state index in [1.54, 1.807) is 0 Å². The fourth-order valence-electron chi connectivity index (χ4n) is 3.89. The van der Waals surface area contributed by atoms with Crippen LogP contribution in [-0.4, -0.2) is 17.1 Å². The Labute approximate surface area is 135 Å². The van der Waals surface area contributed by atoms with Crippen molar-refractivity contribution in [3.05, 3.63) is 4.91 Å². The molecule has 1 N–H and O–H groups in total. The van der Waals surface area contributed by atoms with Crippen LogP contribution in [0.3, 0.4) is 0 Å². The molecule has 3 atom stereocenters. The molecule has 0 aliphatic heterocycles. The molecule has 22 heavy (non-hydrogen) atoms. The van der Waals surface area contributed by atoms with Gasteiger partial charge in [-0.1, -0.05) is 63.5 Å². The van der Waals surface area contributed by atoms with E-state index in [4.69, 9.17) is 5.11 Å². The summed E-state index contributed by atoms with van der Waals surface area (Å²) >= 11 is 0. The third kappa shape index (κ3) is 7.37. The average molecular weight is 311 g/mol. The van der Waals surface area contributed by atoms with Gasteiger partial charge in [0.25, 0.3) is 0 Å². The lowest BCUT2D eigenvalue weighted by molar-refractivity contribution is -0.137. The highest BCUT2D eigenvalue weighted by atomic mass is 16.4. The number of aliphatic carboxylic acids is 1. The lowest BCUT2D eigenvalue weighted by atomic mass is 9.85. The van der Waals surface area contributed by atoms with Gasteiger partial charge < -0.3 is 5.11 Å². The maximum atomic E-state index is 11.0. The summed E-state index contributed by atoms with van der Waals surface area (Å²) < 4.78 is 0. The van der Waals surface area contributed by atoms with Gasteiger partial charge in [-0.05, 0) is 37.5 Å². The van der Waals surface area contributed by atoms with Crippen LogP contribution in [0.5, 0.6) is 0 Å². The van der Waals surface area contributed by atoms with Crippen LogP contribution < -0.4 is 0 Å². The Morgan fingerprint density at radius 1 is 1.00 bits per heavy atom. The number of hydrogen-bond donors (Lipinski definition) is 1. The van der Waals surface area contributed by atoms with Gasteiger partial charge in [0.15, 0.2) is 0 Å². The van der Waals surface area contributed by atoms with Crippen LogP contribution in [0.4, 0.5) is 0 Å². The molecule has 1 aliphatic rings. The van der Waals surface area contributed by atoms with E-state index in [0.717, 1.165) is 38.5 Å². The van der Waals surface area contributed by atoms with Crippen molar-refractivity contribution >= 4 is 5.97 Å². The van der Waals surface area contributed by atoms with Crippen LogP contribution in [0, 0.1) is 16.7 Å². The van der Waals surface area contributed by atoms with Crippen LogP contribution in [0.1, 0.15) is 90.4 Å². The van der Waals surface area contributed by atoms with Crippen molar-refractivity contribution < 1.29 is 9.90 Å². The third-order valence-electron chi connectivity index (χ3n) is 5.17. The maximum absolute atomic E-state index is 11.0. The molecule has 0 aromatic rings. The summed E-state index contributed by atoms with van der Waals surface area (Å²) in [6, 6.07) is 0.0372. The van der Waals surface area contributed by atoms with E-state index in [1.807, 2.05) is 0 Å². The zero-order valence-electron chi connectivity index (χ0n) is 14.1. The molecule has 128 valence electrons. The van der Waals surface area contributed by atoms with Gasteiger partial charge >= 0.3 is 5.97 Å². The highest BCUT2D eigenvalue weighted by molar-refractivity contribution is 5.66. The summed E-state index contributed by atoms with van der Waals surface area (Å²) in [7, 11) is 0. The normalized spacial score (nSPS) is 24.5. The minimum Gasteiger partial charge on any atom is -0.481 e. The molecule has 1 rings (SSSR count). The van der Waals surface area contributed by atoms with E-state index in [-0.39, 0.29) is 12.5 Å². The molecule has 0 spiro atoms.